The summed E-state index contributed by atoms with van der Waals surface area (Å²) < 4.78 is 0. The molecule has 0 heterocycles. The Morgan fingerprint density at radius 2 is 1.95 bits per heavy atom. The van der Waals surface area contributed by atoms with Gasteiger partial charge in [0.15, 0.2) is 0 Å². The highest BCUT2D eigenvalue weighted by atomic mass is 16.4. The Hall–Kier alpha value is -0.610. The van der Waals surface area contributed by atoms with Crippen molar-refractivity contribution in [2.45, 2.75) is 71.3 Å². The smallest absolute Gasteiger partial charge is 0.323 e. The quantitative estimate of drug-likeness (QED) is 0.548. The van der Waals surface area contributed by atoms with Crippen LogP contribution in [0.3, 0.4) is 0 Å². The van der Waals surface area contributed by atoms with Gasteiger partial charge in [-0.05, 0) is 70.5 Å². The molecule has 1 fully saturated rings. The van der Waals surface area contributed by atoms with Crippen LogP contribution in [0.4, 0.5) is 0 Å². The third-order valence-corrected chi connectivity index (χ3v) is 4.56. The van der Waals surface area contributed by atoms with E-state index < -0.39 is 11.5 Å². The van der Waals surface area contributed by atoms with E-state index in [0.717, 1.165) is 44.8 Å². The maximum absolute atomic E-state index is 11.7. The van der Waals surface area contributed by atoms with Crippen LogP contribution in [0.15, 0.2) is 0 Å². The van der Waals surface area contributed by atoms with Gasteiger partial charge in [-0.15, -0.1) is 0 Å². The van der Waals surface area contributed by atoms with Crippen LogP contribution in [0, 0.1) is 5.92 Å². The van der Waals surface area contributed by atoms with Crippen molar-refractivity contribution in [3.63, 3.8) is 0 Å². The molecule has 1 rings (SSSR count). The Bertz CT molecular complexity index is 305. The molecular weight excluding hydrogens is 264 g/mol. The average Bonchev–Trinajstić information content (AvgIpc) is 3.26. The van der Waals surface area contributed by atoms with Gasteiger partial charge in [0.1, 0.15) is 5.54 Å². The van der Waals surface area contributed by atoms with E-state index in [4.69, 9.17) is 0 Å². The number of hydrogen-bond donors (Lipinski definition) is 2. The maximum Gasteiger partial charge on any atom is 0.323 e. The Morgan fingerprint density at radius 3 is 2.43 bits per heavy atom. The molecule has 2 N–H and O–H groups in total. The van der Waals surface area contributed by atoms with Gasteiger partial charge in [0.05, 0.1) is 0 Å². The summed E-state index contributed by atoms with van der Waals surface area (Å²) in [5.74, 6) is 0.216. The third kappa shape index (κ3) is 6.35. The van der Waals surface area contributed by atoms with Crippen molar-refractivity contribution >= 4 is 5.97 Å². The molecular formula is C17H34N2O2. The molecule has 0 saturated heterocycles. The Balaban J connectivity index is 2.44. The van der Waals surface area contributed by atoms with Gasteiger partial charge >= 0.3 is 5.97 Å². The number of carboxylic acids is 1. The predicted molar refractivity (Wildman–Crippen MR) is 87.6 cm³/mol. The van der Waals surface area contributed by atoms with Gasteiger partial charge in [-0.1, -0.05) is 20.8 Å². The van der Waals surface area contributed by atoms with Crippen LogP contribution in [0.25, 0.3) is 0 Å². The fourth-order valence-corrected chi connectivity index (χ4v) is 2.97. The number of nitrogens with one attached hydrogen (secondary N) is 1. The van der Waals surface area contributed by atoms with Crippen molar-refractivity contribution in [1.82, 2.24) is 10.2 Å². The minimum absolute atomic E-state index is 0.652. The summed E-state index contributed by atoms with van der Waals surface area (Å²) in [6, 6.07) is 0. The SMILES string of the molecule is CCCNC(CC)(CCCN(CCC)CC1CC1)C(=O)O. The second kappa shape index (κ2) is 9.42. The van der Waals surface area contributed by atoms with Crippen molar-refractivity contribution in [3.8, 4) is 0 Å². The lowest BCUT2D eigenvalue weighted by Gasteiger charge is -2.31. The Kier molecular flexibility index (Phi) is 8.27. The molecule has 1 saturated carbocycles. The number of hydrogen-bond acceptors (Lipinski definition) is 3. The minimum Gasteiger partial charge on any atom is -0.480 e. The molecule has 1 atom stereocenters. The first-order valence-corrected chi connectivity index (χ1v) is 8.78. The van der Waals surface area contributed by atoms with Crippen LogP contribution in [-0.4, -0.2) is 47.7 Å². The molecule has 0 aromatic heterocycles. The summed E-state index contributed by atoms with van der Waals surface area (Å²) in [4.78, 5) is 14.2. The summed E-state index contributed by atoms with van der Waals surface area (Å²) >= 11 is 0. The molecule has 4 heteroatoms. The number of carboxylic acid groups (broad SMARTS) is 1. The highest BCUT2D eigenvalue weighted by Gasteiger charge is 2.35. The van der Waals surface area contributed by atoms with E-state index in [1.807, 2.05) is 6.92 Å². The molecule has 0 aliphatic heterocycles. The summed E-state index contributed by atoms with van der Waals surface area (Å²) in [5, 5.41) is 12.9. The van der Waals surface area contributed by atoms with Crippen LogP contribution >= 0.6 is 0 Å². The summed E-state index contributed by atoms with van der Waals surface area (Å²) in [6.07, 6.45) is 7.25. The minimum atomic E-state index is -0.729. The topological polar surface area (TPSA) is 52.6 Å². The van der Waals surface area contributed by atoms with E-state index in [0.29, 0.717) is 6.42 Å². The first kappa shape index (κ1) is 18.4. The molecule has 0 aromatic rings. The normalized spacial score (nSPS) is 17.9. The number of aliphatic carboxylic acids is 1. The molecule has 21 heavy (non-hydrogen) atoms. The molecule has 124 valence electrons. The number of carbonyl (C=O) groups is 1. The van der Waals surface area contributed by atoms with Crippen LogP contribution in [0.2, 0.25) is 0 Å². The molecule has 1 aliphatic carbocycles. The zero-order valence-corrected chi connectivity index (χ0v) is 14.2. The summed E-state index contributed by atoms with van der Waals surface area (Å²) in [6.45, 7) is 10.4. The molecule has 0 radical (unpaired) electrons. The van der Waals surface area contributed by atoms with Crippen LogP contribution in [0.1, 0.15) is 65.7 Å². The zero-order chi connectivity index (χ0) is 15.7. The molecule has 0 bridgehead atoms. The molecule has 0 amide bonds. The molecule has 1 unspecified atom stereocenters. The number of rotatable bonds is 13. The highest BCUT2D eigenvalue weighted by molar-refractivity contribution is 5.78. The van der Waals surface area contributed by atoms with Crippen molar-refractivity contribution in [1.29, 1.82) is 0 Å². The van der Waals surface area contributed by atoms with Gasteiger partial charge in [0.25, 0.3) is 0 Å². The van der Waals surface area contributed by atoms with Gasteiger partial charge in [0.2, 0.25) is 0 Å². The molecule has 1 aliphatic rings. The lowest BCUT2D eigenvalue weighted by Crippen LogP contribution is -2.52. The first-order chi connectivity index (χ1) is 10.1. The fourth-order valence-electron chi connectivity index (χ4n) is 2.97. The van der Waals surface area contributed by atoms with Crippen molar-refractivity contribution in [3.05, 3.63) is 0 Å². The van der Waals surface area contributed by atoms with Crippen molar-refractivity contribution in [2.75, 3.05) is 26.2 Å². The van der Waals surface area contributed by atoms with Gasteiger partial charge in [-0.3, -0.25) is 4.79 Å². The number of nitrogens with zero attached hydrogens (tertiary/aromatic N) is 1. The second-order valence-electron chi connectivity index (χ2n) is 6.52. The van der Waals surface area contributed by atoms with E-state index in [1.54, 1.807) is 0 Å². The van der Waals surface area contributed by atoms with Gasteiger partial charge in [-0.2, -0.15) is 0 Å². The van der Waals surface area contributed by atoms with E-state index in [9.17, 15) is 9.90 Å². The van der Waals surface area contributed by atoms with Crippen LogP contribution in [0.5, 0.6) is 0 Å². The lowest BCUT2D eigenvalue weighted by molar-refractivity contribution is -0.145. The average molecular weight is 298 g/mol. The van der Waals surface area contributed by atoms with Crippen molar-refractivity contribution in [2.24, 2.45) is 5.92 Å². The summed E-state index contributed by atoms with van der Waals surface area (Å²) in [7, 11) is 0. The molecule has 4 nitrogen and oxygen atoms in total. The van der Waals surface area contributed by atoms with E-state index in [1.165, 1.54) is 25.8 Å². The zero-order valence-electron chi connectivity index (χ0n) is 14.2. The largest absolute Gasteiger partial charge is 0.480 e. The Morgan fingerprint density at radius 1 is 1.24 bits per heavy atom. The van der Waals surface area contributed by atoms with Gasteiger partial charge < -0.3 is 15.3 Å². The summed E-state index contributed by atoms with van der Waals surface area (Å²) in [5.41, 5.74) is -0.729. The lowest BCUT2D eigenvalue weighted by atomic mass is 9.90. The predicted octanol–water partition coefficient (Wildman–Crippen LogP) is 3.12. The van der Waals surface area contributed by atoms with E-state index in [-0.39, 0.29) is 0 Å². The third-order valence-electron chi connectivity index (χ3n) is 4.56. The molecule has 0 aromatic carbocycles. The standard InChI is InChI=1S/C17H34N2O2/c1-4-11-18-17(6-3,16(20)21)10-7-13-19(12-5-2)14-15-8-9-15/h15,18H,4-14H2,1-3H3,(H,20,21). The fraction of sp³-hybridized carbons (Fsp3) is 0.941. The maximum atomic E-state index is 11.7. The van der Waals surface area contributed by atoms with E-state index >= 15 is 0 Å². The molecule has 0 spiro atoms. The van der Waals surface area contributed by atoms with Gasteiger partial charge in [-0.25, -0.2) is 0 Å². The Labute approximate surface area is 130 Å². The highest BCUT2D eigenvalue weighted by Crippen LogP contribution is 2.30. The second-order valence-corrected chi connectivity index (χ2v) is 6.52. The monoisotopic (exact) mass is 298 g/mol. The van der Waals surface area contributed by atoms with Crippen molar-refractivity contribution < 1.29 is 9.90 Å². The first-order valence-electron chi connectivity index (χ1n) is 8.78. The van der Waals surface area contributed by atoms with Crippen LogP contribution < -0.4 is 5.32 Å². The van der Waals surface area contributed by atoms with Gasteiger partial charge in [0, 0.05) is 6.54 Å². The van der Waals surface area contributed by atoms with E-state index in [2.05, 4.69) is 24.1 Å². The van der Waals surface area contributed by atoms with Crippen LogP contribution in [-0.2, 0) is 4.79 Å².